The van der Waals surface area contributed by atoms with Gasteiger partial charge in [-0.25, -0.2) is 0 Å². The summed E-state index contributed by atoms with van der Waals surface area (Å²) in [4.78, 5) is 2.12. The molecular weight excluding hydrogens is 148 g/mol. The molecule has 1 unspecified atom stereocenters. The normalized spacial score (nSPS) is 13.3. The highest BCUT2D eigenvalue weighted by Gasteiger charge is 2.10. The van der Waals surface area contributed by atoms with Crippen LogP contribution in [0, 0.1) is 0 Å². The van der Waals surface area contributed by atoms with Crippen molar-refractivity contribution in [3.05, 3.63) is 24.4 Å². The minimum absolute atomic E-state index is 0.256. The van der Waals surface area contributed by atoms with Crippen molar-refractivity contribution in [1.29, 1.82) is 0 Å². The van der Waals surface area contributed by atoms with Gasteiger partial charge < -0.3 is 4.90 Å². The van der Waals surface area contributed by atoms with E-state index in [9.17, 15) is 0 Å². The molecule has 2 nitrogen and oxygen atoms in total. The monoisotopic (exact) mass is 168 g/mol. The van der Waals surface area contributed by atoms with E-state index in [1.165, 1.54) is 5.57 Å². The Labute approximate surface area is 76.0 Å². The lowest BCUT2D eigenvalue weighted by Crippen LogP contribution is -2.39. The summed E-state index contributed by atoms with van der Waals surface area (Å²) in [5.74, 6) is 0. The molecule has 0 aliphatic heterocycles. The molecule has 0 saturated carbocycles. The fourth-order valence-electron chi connectivity index (χ4n) is 1.21. The summed E-state index contributed by atoms with van der Waals surface area (Å²) in [5, 5.41) is 3.21. The molecule has 0 aliphatic carbocycles. The van der Waals surface area contributed by atoms with Gasteiger partial charge in [0.2, 0.25) is 0 Å². The Morgan fingerprint density at radius 2 is 2.25 bits per heavy atom. The van der Waals surface area contributed by atoms with E-state index in [-0.39, 0.29) is 6.17 Å². The first-order chi connectivity index (χ1) is 5.67. The van der Waals surface area contributed by atoms with E-state index in [4.69, 9.17) is 0 Å². The van der Waals surface area contributed by atoms with E-state index in [0.29, 0.717) is 0 Å². The lowest BCUT2D eigenvalue weighted by atomic mass is 10.1. The van der Waals surface area contributed by atoms with Gasteiger partial charge in [-0.3, -0.25) is 5.32 Å². The summed E-state index contributed by atoms with van der Waals surface area (Å²) < 4.78 is 0. The lowest BCUT2D eigenvalue weighted by molar-refractivity contribution is 0.326. The molecular formula is C10H20N2. The van der Waals surface area contributed by atoms with Gasteiger partial charge in [0.15, 0.2) is 0 Å². The molecule has 0 aromatic heterocycles. The van der Waals surface area contributed by atoms with Crippen LogP contribution >= 0.6 is 0 Å². The maximum atomic E-state index is 4.01. The highest BCUT2D eigenvalue weighted by atomic mass is 15.2. The van der Waals surface area contributed by atoms with Crippen LogP contribution in [0.4, 0.5) is 0 Å². The van der Waals surface area contributed by atoms with Gasteiger partial charge >= 0.3 is 0 Å². The zero-order chi connectivity index (χ0) is 9.56. The van der Waals surface area contributed by atoms with Crippen LogP contribution in [-0.2, 0) is 0 Å². The van der Waals surface area contributed by atoms with E-state index >= 15 is 0 Å². The molecule has 1 atom stereocenters. The van der Waals surface area contributed by atoms with Crippen molar-refractivity contribution in [2.75, 3.05) is 14.1 Å². The zero-order valence-corrected chi connectivity index (χ0v) is 8.59. The Balaban J connectivity index is 4.23. The topological polar surface area (TPSA) is 15.3 Å². The number of hydrogen-bond acceptors (Lipinski definition) is 2. The van der Waals surface area contributed by atoms with Crippen LogP contribution < -0.4 is 5.32 Å². The van der Waals surface area contributed by atoms with Gasteiger partial charge in [-0.15, -0.1) is 0 Å². The van der Waals surface area contributed by atoms with Crippen molar-refractivity contribution in [1.82, 2.24) is 10.2 Å². The fourth-order valence-corrected chi connectivity index (χ4v) is 1.21. The number of allylic oxidation sites excluding steroid dienone is 1. The van der Waals surface area contributed by atoms with E-state index in [1.807, 2.05) is 33.3 Å². The number of rotatable bonds is 5. The molecule has 12 heavy (non-hydrogen) atoms. The molecule has 0 radical (unpaired) electrons. The number of hydrogen-bond donors (Lipinski definition) is 1. The summed E-state index contributed by atoms with van der Waals surface area (Å²) >= 11 is 0. The van der Waals surface area contributed by atoms with E-state index < -0.39 is 0 Å². The predicted molar refractivity (Wildman–Crippen MR) is 54.9 cm³/mol. The molecule has 0 saturated heterocycles. The minimum atomic E-state index is 0.256. The SMILES string of the molecule is C=C(CC)C(NC)N(C)/C=C/C. The molecule has 0 rings (SSSR count). The van der Waals surface area contributed by atoms with Crippen LogP contribution in [0.2, 0.25) is 0 Å². The molecule has 0 heterocycles. The van der Waals surface area contributed by atoms with Crippen LogP contribution in [0.3, 0.4) is 0 Å². The molecule has 0 aromatic rings. The van der Waals surface area contributed by atoms with Crippen molar-refractivity contribution < 1.29 is 0 Å². The van der Waals surface area contributed by atoms with Crippen LogP contribution in [-0.4, -0.2) is 25.2 Å². The second kappa shape index (κ2) is 5.84. The lowest BCUT2D eigenvalue weighted by Gasteiger charge is -2.27. The molecule has 2 heteroatoms. The molecule has 0 amide bonds. The van der Waals surface area contributed by atoms with Crippen LogP contribution in [0.5, 0.6) is 0 Å². The summed E-state index contributed by atoms with van der Waals surface area (Å²) in [6.07, 6.45) is 5.33. The third kappa shape index (κ3) is 3.09. The van der Waals surface area contributed by atoms with Gasteiger partial charge in [-0.1, -0.05) is 19.6 Å². The van der Waals surface area contributed by atoms with Crippen molar-refractivity contribution >= 4 is 0 Å². The van der Waals surface area contributed by atoms with Gasteiger partial charge in [-0.2, -0.15) is 0 Å². The Hall–Kier alpha value is -0.760. The van der Waals surface area contributed by atoms with E-state index in [2.05, 4.69) is 23.7 Å². The largest absolute Gasteiger partial charge is 0.362 e. The summed E-state index contributed by atoms with van der Waals surface area (Å²) in [6.45, 7) is 8.14. The van der Waals surface area contributed by atoms with Crippen molar-refractivity contribution in [2.45, 2.75) is 26.4 Å². The number of likely N-dealkylation sites (N-methyl/N-ethyl adjacent to an activating group) is 2. The smallest absolute Gasteiger partial charge is 0.100 e. The Morgan fingerprint density at radius 3 is 2.58 bits per heavy atom. The second-order valence-corrected chi connectivity index (χ2v) is 2.85. The van der Waals surface area contributed by atoms with Gasteiger partial charge in [0, 0.05) is 7.05 Å². The average molecular weight is 168 g/mol. The fraction of sp³-hybridized carbons (Fsp3) is 0.600. The molecule has 0 spiro atoms. The average Bonchev–Trinajstić information content (AvgIpc) is 2.06. The zero-order valence-electron chi connectivity index (χ0n) is 8.59. The van der Waals surface area contributed by atoms with E-state index in [1.54, 1.807) is 0 Å². The number of nitrogens with one attached hydrogen (secondary N) is 1. The summed E-state index contributed by atoms with van der Waals surface area (Å²) in [5.41, 5.74) is 1.21. The molecule has 1 N–H and O–H groups in total. The van der Waals surface area contributed by atoms with Crippen molar-refractivity contribution in [3.8, 4) is 0 Å². The second-order valence-electron chi connectivity index (χ2n) is 2.85. The first kappa shape index (κ1) is 11.2. The molecule has 0 aliphatic rings. The highest BCUT2D eigenvalue weighted by molar-refractivity contribution is 5.05. The number of nitrogens with zero attached hydrogens (tertiary/aromatic N) is 1. The third-order valence-corrected chi connectivity index (χ3v) is 1.91. The van der Waals surface area contributed by atoms with Crippen LogP contribution in [0.15, 0.2) is 24.4 Å². The van der Waals surface area contributed by atoms with Gasteiger partial charge in [0.1, 0.15) is 6.17 Å². The summed E-state index contributed by atoms with van der Waals surface area (Å²) in [7, 11) is 3.99. The molecule has 0 bridgehead atoms. The standard InChI is InChI=1S/C10H20N2/c1-6-8-12(5)10(11-4)9(3)7-2/h6,8,10-11H,3,7H2,1-2,4-5H3/b8-6+. The van der Waals surface area contributed by atoms with Crippen LogP contribution in [0.1, 0.15) is 20.3 Å². The van der Waals surface area contributed by atoms with Gasteiger partial charge in [0.25, 0.3) is 0 Å². The summed E-state index contributed by atoms with van der Waals surface area (Å²) in [6, 6.07) is 0. The van der Waals surface area contributed by atoms with Gasteiger partial charge in [0.05, 0.1) is 0 Å². The highest BCUT2D eigenvalue weighted by Crippen LogP contribution is 2.07. The van der Waals surface area contributed by atoms with E-state index in [0.717, 1.165) is 6.42 Å². The first-order valence-electron chi connectivity index (χ1n) is 4.37. The van der Waals surface area contributed by atoms with Crippen molar-refractivity contribution in [3.63, 3.8) is 0 Å². The minimum Gasteiger partial charge on any atom is -0.362 e. The quantitative estimate of drug-likeness (QED) is 0.498. The molecule has 70 valence electrons. The Bertz CT molecular complexity index is 161. The Morgan fingerprint density at radius 1 is 1.67 bits per heavy atom. The Kier molecular flexibility index (Phi) is 5.47. The van der Waals surface area contributed by atoms with Gasteiger partial charge in [-0.05, 0) is 32.2 Å². The maximum Gasteiger partial charge on any atom is 0.100 e. The maximum absolute atomic E-state index is 4.01. The molecule has 0 fully saturated rings. The molecule has 0 aromatic carbocycles. The predicted octanol–water partition coefficient (Wildman–Crippen LogP) is 1.96. The first-order valence-corrected chi connectivity index (χ1v) is 4.37. The third-order valence-electron chi connectivity index (χ3n) is 1.91. The van der Waals surface area contributed by atoms with Crippen LogP contribution in [0.25, 0.3) is 0 Å². The van der Waals surface area contributed by atoms with Crippen molar-refractivity contribution in [2.24, 2.45) is 0 Å².